The van der Waals surface area contributed by atoms with Crippen LogP contribution in [0.3, 0.4) is 0 Å². The highest BCUT2D eigenvalue weighted by atomic mass is 35.5. The standard InChI is InChI=1S/C20H21ClFN3O/c21-18-3-1-2-4-20(18)26-12-11-24-7-9-25(10-8-24)15-17-13-16(14-23)5-6-19(17)22/h1-6,13H,7-12,15H2. The van der Waals surface area contributed by atoms with Gasteiger partial charge in [-0.2, -0.15) is 5.26 Å². The van der Waals surface area contributed by atoms with E-state index >= 15 is 0 Å². The van der Waals surface area contributed by atoms with Crippen LogP contribution in [-0.4, -0.2) is 49.1 Å². The third-order valence-corrected chi connectivity index (χ3v) is 4.85. The Morgan fingerprint density at radius 1 is 1.08 bits per heavy atom. The summed E-state index contributed by atoms with van der Waals surface area (Å²) in [4.78, 5) is 4.54. The quantitative estimate of drug-likeness (QED) is 0.776. The summed E-state index contributed by atoms with van der Waals surface area (Å²) >= 11 is 6.08. The molecule has 0 atom stereocenters. The van der Waals surface area contributed by atoms with Gasteiger partial charge < -0.3 is 4.74 Å². The Morgan fingerprint density at radius 3 is 2.54 bits per heavy atom. The van der Waals surface area contributed by atoms with Crippen LogP contribution in [0.5, 0.6) is 5.75 Å². The van der Waals surface area contributed by atoms with Gasteiger partial charge in [0.2, 0.25) is 0 Å². The highest BCUT2D eigenvalue weighted by molar-refractivity contribution is 6.32. The average molecular weight is 374 g/mol. The molecule has 1 aliphatic heterocycles. The first-order chi connectivity index (χ1) is 12.7. The summed E-state index contributed by atoms with van der Waals surface area (Å²) in [5.41, 5.74) is 1.08. The van der Waals surface area contributed by atoms with E-state index in [1.807, 2.05) is 24.3 Å². The molecule has 2 aromatic rings. The highest BCUT2D eigenvalue weighted by Crippen LogP contribution is 2.23. The maximum absolute atomic E-state index is 13.9. The summed E-state index contributed by atoms with van der Waals surface area (Å²) in [5, 5.41) is 9.59. The molecule has 1 heterocycles. The van der Waals surface area contributed by atoms with Gasteiger partial charge in [-0.3, -0.25) is 9.80 Å². The fraction of sp³-hybridized carbons (Fsp3) is 0.350. The maximum Gasteiger partial charge on any atom is 0.137 e. The zero-order valence-corrected chi connectivity index (χ0v) is 15.3. The zero-order valence-electron chi connectivity index (χ0n) is 14.5. The van der Waals surface area contributed by atoms with Gasteiger partial charge in [0.25, 0.3) is 0 Å². The molecule has 0 bridgehead atoms. The molecule has 0 aliphatic carbocycles. The Bertz CT molecular complexity index is 785. The van der Waals surface area contributed by atoms with E-state index in [-0.39, 0.29) is 5.82 Å². The van der Waals surface area contributed by atoms with E-state index < -0.39 is 0 Å². The zero-order chi connectivity index (χ0) is 18.4. The molecule has 1 aliphatic rings. The van der Waals surface area contributed by atoms with E-state index in [1.165, 1.54) is 12.1 Å². The molecule has 0 aromatic heterocycles. The van der Waals surface area contributed by atoms with Gasteiger partial charge in [0.05, 0.1) is 16.7 Å². The molecular formula is C20H21ClFN3O. The second-order valence-corrected chi connectivity index (χ2v) is 6.72. The lowest BCUT2D eigenvalue weighted by molar-refractivity contribution is 0.112. The van der Waals surface area contributed by atoms with Crippen LogP contribution in [-0.2, 0) is 6.54 Å². The smallest absolute Gasteiger partial charge is 0.137 e. The molecular weight excluding hydrogens is 353 g/mol. The summed E-state index contributed by atoms with van der Waals surface area (Å²) in [5.74, 6) is 0.459. The van der Waals surface area contributed by atoms with Crippen LogP contribution in [0.15, 0.2) is 42.5 Å². The van der Waals surface area contributed by atoms with Gasteiger partial charge in [-0.1, -0.05) is 23.7 Å². The Morgan fingerprint density at radius 2 is 1.81 bits per heavy atom. The largest absolute Gasteiger partial charge is 0.491 e. The molecule has 0 N–H and O–H groups in total. The normalized spacial score (nSPS) is 15.6. The SMILES string of the molecule is N#Cc1ccc(F)c(CN2CCN(CCOc3ccccc3Cl)CC2)c1. The lowest BCUT2D eigenvalue weighted by atomic mass is 10.1. The van der Waals surface area contributed by atoms with Crippen molar-refractivity contribution in [3.8, 4) is 11.8 Å². The van der Waals surface area contributed by atoms with Gasteiger partial charge in [0.1, 0.15) is 18.2 Å². The second kappa shape index (κ2) is 9.00. The molecule has 1 fully saturated rings. The third kappa shape index (κ3) is 4.95. The molecule has 26 heavy (non-hydrogen) atoms. The first kappa shape index (κ1) is 18.7. The monoisotopic (exact) mass is 373 g/mol. The van der Waals surface area contributed by atoms with E-state index in [0.717, 1.165) is 32.7 Å². The topological polar surface area (TPSA) is 39.5 Å². The van der Waals surface area contributed by atoms with Crippen LogP contribution in [0, 0.1) is 17.1 Å². The minimum Gasteiger partial charge on any atom is -0.491 e. The fourth-order valence-electron chi connectivity index (χ4n) is 3.02. The van der Waals surface area contributed by atoms with Crippen LogP contribution in [0.2, 0.25) is 5.02 Å². The molecule has 0 saturated carbocycles. The van der Waals surface area contributed by atoms with Crippen molar-refractivity contribution in [1.29, 1.82) is 5.26 Å². The van der Waals surface area contributed by atoms with Crippen molar-refractivity contribution >= 4 is 11.6 Å². The molecule has 0 spiro atoms. The van der Waals surface area contributed by atoms with Crippen molar-refractivity contribution in [3.63, 3.8) is 0 Å². The van der Waals surface area contributed by atoms with Gasteiger partial charge in [-0.15, -0.1) is 0 Å². The van der Waals surface area contributed by atoms with Gasteiger partial charge in [-0.25, -0.2) is 4.39 Å². The second-order valence-electron chi connectivity index (χ2n) is 6.31. The maximum atomic E-state index is 13.9. The number of ether oxygens (including phenoxy) is 1. The van der Waals surface area contributed by atoms with Gasteiger partial charge >= 0.3 is 0 Å². The number of hydrogen-bond acceptors (Lipinski definition) is 4. The Hall–Kier alpha value is -2.13. The number of benzene rings is 2. The number of hydrogen-bond donors (Lipinski definition) is 0. The molecule has 3 rings (SSSR count). The molecule has 4 nitrogen and oxygen atoms in total. The van der Waals surface area contributed by atoms with Crippen LogP contribution < -0.4 is 4.74 Å². The van der Waals surface area contributed by atoms with E-state index in [9.17, 15) is 4.39 Å². The first-order valence-electron chi connectivity index (χ1n) is 8.66. The van der Waals surface area contributed by atoms with E-state index in [1.54, 1.807) is 6.07 Å². The van der Waals surface area contributed by atoms with Gasteiger partial charge in [0, 0.05) is 44.8 Å². The number of nitrogens with zero attached hydrogens (tertiary/aromatic N) is 3. The molecule has 2 aromatic carbocycles. The lowest BCUT2D eigenvalue weighted by Gasteiger charge is -2.34. The molecule has 6 heteroatoms. The van der Waals surface area contributed by atoms with Crippen LogP contribution in [0.1, 0.15) is 11.1 Å². The average Bonchev–Trinajstić information content (AvgIpc) is 2.66. The minimum absolute atomic E-state index is 0.250. The summed E-state index contributed by atoms with van der Waals surface area (Å²) in [7, 11) is 0. The predicted octanol–water partition coefficient (Wildman–Crippen LogP) is 3.55. The lowest BCUT2D eigenvalue weighted by Crippen LogP contribution is -2.47. The van der Waals surface area contributed by atoms with Gasteiger partial charge in [-0.05, 0) is 30.3 Å². The number of halogens is 2. The predicted molar refractivity (Wildman–Crippen MR) is 99.8 cm³/mol. The molecule has 0 amide bonds. The highest BCUT2D eigenvalue weighted by Gasteiger charge is 2.18. The molecule has 136 valence electrons. The Kier molecular flexibility index (Phi) is 6.45. The van der Waals surface area contributed by atoms with Crippen LogP contribution >= 0.6 is 11.6 Å². The summed E-state index contributed by atoms with van der Waals surface area (Å²) in [6, 6.07) is 14.0. The Labute approximate surface area is 158 Å². The van der Waals surface area contributed by atoms with Crippen molar-refractivity contribution in [1.82, 2.24) is 9.80 Å². The van der Waals surface area contributed by atoms with Crippen molar-refractivity contribution in [2.24, 2.45) is 0 Å². The number of piperazine rings is 1. The van der Waals surface area contributed by atoms with Crippen LogP contribution in [0.4, 0.5) is 4.39 Å². The third-order valence-electron chi connectivity index (χ3n) is 4.54. The molecule has 0 radical (unpaired) electrons. The van der Waals surface area contributed by atoms with E-state index in [0.29, 0.717) is 35.1 Å². The fourth-order valence-corrected chi connectivity index (χ4v) is 3.21. The summed E-state index contributed by atoms with van der Waals surface area (Å²) < 4.78 is 19.7. The summed E-state index contributed by atoms with van der Waals surface area (Å²) in [6.45, 7) is 5.49. The van der Waals surface area contributed by atoms with E-state index in [4.69, 9.17) is 21.6 Å². The number of para-hydroxylation sites is 1. The van der Waals surface area contributed by atoms with Crippen LogP contribution in [0.25, 0.3) is 0 Å². The Balaban J connectivity index is 1.43. The first-order valence-corrected chi connectivity index (χ1v) is 9.04. The number of rotatable bonds is 6. The van der Waals surface area contributed by atoms with Crippen molar-refractivity contribution < 1.29 is 9.13 Å². The van der Waals surface area contributed by atoms with Crippen molar-refractivity contribution in [2.45, 2.75) is 6.54 Å². The number of nitriles is 1. The molecule has 0 unspecified atom stereocenters. The van der Waals surface area contributed by atoms with Gasteiger partial charge in [0.15, 0.2) is 0 Å². The molecule has 1 saturated heterocycles. The van der Waals surface area contributed by atoms with Crippen molar-refractivity contribution in [3.05, 3.63) is 64.4 Å². The van der Waals surface area contributed by atoms with E-state index in [2.05, 4.69) is 15.9 Å². The summed E-state index contributed by atoms with van der Waals surface area (Å²) in [6.07, 6.45) is 0. The van der Waals surface area contributed by atoms with Crippen molar-refractivity contribution in [2.75, 3.05) is 39.3 Å². The minimum atomic E-state index is -0.250.